The Morgan fingerprint density at radius 3 is 1.82 bits per heavy atom. The molecule has 0 aromatic carbocycles. The van der Waals surface area contributed by atoms with E-state index in [1.165, 1.54) is 29.6 Å². The van der Waals surface area contributed by atoms with Crippen molar-refractivity contribution in [1.82, 2.24) is 25.6 Å². The number of rotatable bonds is 11. The van der Waals surface area contributed by atoms with Crippen molar-refractivity contribution in [3.05, 3.63) is 49.5 Å². The van der Waals surface area contributed by atoms with Gasteiger partial charge in [0.25, 0.3) is 11.8 Å². The quantitative estimate of drug-likeness (QED) is 0.262. The highest BCUT2D eigenvalue weighted by molar-refractivity contribution is 7.10. The Bertz CT molecular complexity index is 1290. The van der Waals surface area contributed by atoms with Gasteiger partial charge in [-0.1, -0.05) is 41.5 Å². The number of thiazole rings is 2. The van der Waals surface area contributed by atoms with Gasteiger partial charge in [0, 0.05) is 10.8 Å². The summed E-state index contributed by atoms with van der Waals surface area (Å²) < 4.78 is 5.54. The molecule has 0 spiro atoms. The van der Waals surface area contributed by atoms with E-state index >= 15 is 0 Å². The molecular weight excluding hydrogens is 528 g/mol. The Labute approximate surface area is 229 Å². The number of hydrogen-bond acceptors (Lipinski definition) is 10. The molecule has 38 heavy (non-hydrogen) atoms. The number of aromatic nitrogens is 3. The molecule has 0 saturated carbocycles. The van der Waals surface area contributed by atoms with Gasteiger partial charge < -0.3 is 25.9 Å². The fourth-order valence-electron chi connectivity index (χ4n) is 3.57. The van der Waals surface area contributed by atoms with Crippen LogP contribution in [0.5, 0.6) is 0 Å². The van der Waals surface area contributed by atoms with Crippen LogP contribution in [0.4, 0.5) is 0 Å². The number of aryl methyl sites for hydroxylation is 1. The van der Waals surface area contributed by atoms with Crippen molar-refractivity contribution < 1.29 is 23.9 Å². The first-order chi connectivity index (χ1) is 17.8. The fraction of sp³-hybridized carbons (Fsp3) is 0.520. The number of nitrogens with one attached hydrogen (secondary N) is 2. The summed E-state index contributed by atoms with van der Waals surface area (Å²) >= 11 is 2.62. The van der Waals surface area contributed by atoms with E-state index in [2.05, 4.69) is 25.6 Å². The SMILES string of the molecule is Cc1oc([C@@H](NC(=O)c2csc([C@@H](NC(=O)c3csc([C@@H](N)C(C)C)n3)C(C)C)n2)C(C)C)nc1C(=O)O. The highest BCUT2D eigenvalue weighted by Gasteiger charge is 2.29. The summed E-state index contributed by atoms with van der Waals surface area (Å²) in [6, 6.07) is -1.34. The van der Waals surface area contributed by atoms with E-state index < -0.39 is 24.0 Å². The van der Waals surface area contributed by atoms with E-state index in [1.54, 1.807) is 10.8 Å². The Morgan fingerprint density at radius 1 is 0.842 bits per heavy atom. The van der Waals surface area contributed by atoms with Gasteiger partial charge in [0.1, 0.15) is 33.2 Å². The van der Waals surface area contributed by atoms with Gasteiger partial charge in [-0.25, -0.2) is 19.7 Å². The van der Waals surface area contributed by atoms with Crippen molar-refractivity contribution in [2.24, 2.45) is 23.5 Å². The molecule has 5 N–H and O–H groups in total. The van der Waals surface area contributed by atoms with Crippen LogP contribution in [0, 0.1) is 24.7 Å². The van der Waals surface area contributed by atoms with Gasteiger partial charge in [-0.3, -0.25) is 9.59 Å². The molecule has 206 valence electrons. The number of carboxylic acids is 1. The Kier molecular flexibility index (Phi) is 9.39. The Morgan fingerprint density at radius 2 is 1.34 bits per heavy atom. The minimum atomic E-state index is -1.20. The number of nitrogens with zero attached hydrogens (tertiary/aromatic N) is 3. The molecule has 3 aromatic rings. The van der Waals surface area contributed by atoms with Crippen LogP contribution >= 0.6 is 22.7 Å². The molecule has 11 nitrogen and oxygen atoms in total. The third kappa shape index (κ3) is 6.63. The van der Waals surface area contributed by atoms with E-state index in [0.29, 0.717) is 15.7 Å². The van der Waals surface area contributed by atoms with Crippen LogP contribution in [0.2, 0.25) is 0 Å². The molecule has 0 aliphatic rings. The zero-order chi connectivity index (χ0) is 28.3. The summed E-state index contributed by atoms with van der Waals surface area (Å²) in [6.45, 7) is 13.1. The van der Waals surface area contributed by atoms with Crippen LogP contribution < -0.4 is 16.4 Å². The van der Waals surface area contributed by atoms with Gasteiger partial charge >= 0.3 is 5.97 Å². The molecule has 2 amide bonds. The van der Waals surface area contributed by atoms with Gasteiger partial charge in [0.05, 0.1) is 12.1 Å². The van der Waals surface area contributed by atoms with Crippen LogP contribution in [0.1, 0.15) is 113 Å². The lowest BCUT2D eigenvalue weighted by Crippen LogP contribution is -2.33. The van der Waals surface area contributed by atoms with Crippen molar-refractivity contribution in [2.45, 2.75) is 66.6 Å². The maximum Gasteiger partial charge on any atom is 0.358 e. The number of carbonyl (C=O) groups is 3. The summed E-state index contributed by atoms with van der Waals surface area (Å²) in [5, 5.41) is 19.7. The first kappa shape index (κ1) is 29.4. The van der Waals surface area contributed by atoms with Gasteiger partial charge in [-0.2, -0.15) is 0 Å². The standard InChI is InChI=1S/C25H34N6O5S2/c1-10(2)16(26)23-27-14(8-37-23)21(33)30-18(12(5)6)24-28-15(9-38-24)20(32)29-17(11(3)4)22-31-19(25(34)35)13(7)36-22/h8-12,16-18H,26H2,1-7H3,(H,29,32)(H,30,33)(H,34,35)/t16-,17-,18-/m0/s1. The van der Waals surface area contributed by atoms with Crippen LogP contribution in [0.15, 0.2) is 15.2 Å². The zero-order valence-electron chi connectivity index (χ0n) is 22.4. The largest absolute Gasteiger partial charge is 0.476 e. The minimum absolute atomic E-state index is 0.00909. The third-order valence-corrected chi connectivity index (χ3v) is 7.84. The summed E-state index contributed by atoms with van der Waals surface area (Å²) in [7, 11) is 0. The molecule has 0 aliphatic carbocycles. The molecule has 3 rings (SSSR count). The lowest BCUT2D eigenvalue weighted by Gasteiger charge is -2.20. The minimum Gasteiger partial charge on any atom is -0.476 e. The molecule has 0 saturated heterocycles. The van der Waals surface area contributed by atoms with Crippen molar-refractivity contribution in [3.63, 3.8) is 0 Å². The van der Waals surface area contributed by atoms with Gasteiger partial charge in [-0.15, -0.1) is 22.7 Å². The molecule has 0 radical (unpaired) electrons. The van der Waals surface area contributed by atoms with Crippen LogP contribution in [-0.4, -0.2) is 37.8 Å². The molecule has 3 heterocycles. The zero-order valence-corrected chi connectivity index (χ0v) is 24.1. The first-order valence-electron chi connectivity index (χ1n) is 12.3. The molecule has 0 bridgehead atoms. The monoisotopic (exact) mass is 562 g/mol. The predicted molar refractivity (Wildman–Crippen MR) is 144 cm³/mol. The van der Waals surface area contributed by atoms with E-state index in [1.807, 2.05) is 41.5 Å². The highest BCUT2D eigenvalue weighted by atomic mass is 32.1. The maximum absolute atomic E-state index is 13.1. The van der Waals surface area contributed by atoms with E-state index in [9.17, 15) is 19.5 Å². The molecule has 0 unspecified atom stereocenters. The molecule has 13 heteroatoms. The van der Waals surface area contributed by atoms with Crippen LogP contribution in [-0.2, 0) is 0 Å². The topological polar surface area (TPSA) is 173 Å². The van der Waals surface area contributed by atoms with Crippen molar-refractivity contribution in [1.29, 1.82) is 0 Å². The number of aromatic carboxylic acids is 1. The van der Waals surface area contributed by atoms with Crippen LogP contribution in [0.3, 0.4) is 0 Å². The number of hydrogen-bond donors (Lipinski definition) is 4. The first-order valence-corrected chi connectivity index (χ1v) is 14.0. The smallest absolute Gasteiger partial charge is 0.358 e. The van der Waals surface area contributed by atoms with E-state index in [4.69, 9.17) is 10.2 Å². The van der Waals surface area contributed by atoms with Crippen molar-refractivity contribution in [2.75, 3.05) is 0 Å². The number of oxazole rings is 1. The Balaban J connectivity index is 1.75. The van der Waals surface area contributed by atoms with Crippen LogP contribution in [0.25, 0.3) is 0 Å². The third-order valence-electron chi connectivity index (χ3n) is 5.97. The molecule has 0 fully saturated rings. The normalized spacial score (nSPS) is 14.1. The van der Waals surface area contributed by atoms with Crippen molar-refractivity contribution in [3.8, 4) is 0 Å². The lowest BCUT2D eigenvalue weighted by atomic mass is 10.0. The van der Waals surface area contributed by atoms with Crippen molar-refractivity contribution >= 4 is 40.5 Å². The number of carboxylic acid groups (broad SMARTS) is 1. The lowest BCUT2D eigenvalue weighted by molar-refractivity contribution is 0.0688. The molecule has 0 aliphatic heterocycles. The molecule has 3 aromatic heterocycles. The summed E-state index contributed by atoms with van der Waals surface area (Å²) in [5.74, 6) is -1.66. The number of nitrogens with two attached hydrogens (primary N) is 1. The second-order valence-electron chi connectivity index (χ2n) is 10.1. The average Bonchev–Trinajstić information content (AvgIpc) is 3.59. The summed E-state index contributed by atoms with van der Waals surface area (Å²) in [6.07, 6.45) is 0. The predicted octanol–water partition coefficient (Wildman–Crippen LogP) is 4.50. The van der Waals surface area contributed by atoms with Gasteiger partial charge in [0.15, 0.2) is 5.69 Å². The fourth-order valence-corrected chi connectivity index (χ4v) is 5.56. The number of carbonyl (C=O) groups excluding carboxylic acids is 2. The molecular formula is C25H34N6O5S2. The Hall–Kier alpha value is -3.16. The maximum atomic E-state index is 13.1. The van der Waals surface area contributed by atoms with E-state index in [-0.39, 0.29) is 52.7 Å². The van der Waals surface area contributed by atoms with Gasteiger partial charge in [0.2, 0.25) is 5.89 Å². The molecule has 3 atom stereocenters. The second-order valence-corrected chi connectivity index (χ2v) is 11.8. The van der Waals surface area contributed by atoms with Gasteiger partial charge in [-0.05, 0) is 24.7 Å². The summed E-state index contributed by atoms with van der Waals surface area (Å²) in [5.41, 5.74) is 6.45. The summed E-state index contributed by atoms with van der Waals surface area (Å²) in [4.78, 5) is 50.4. The van der Waals surface area contributed by atoms with E-state index in [0.717, 1.165) is 0 Å². The number of amides is 2. The average molecular weight is 563 g/mol. The highest BCUT2D eigenvalue weighted by Crippen LogP contribution is 2.28. The second kappa shape index (κ2) is 12.1.